The summed E-state index contributed by atoms with van der Waals surface area (Å²) >= 11 is 7.39. The van der Waals surface area contributed by atoms with Crippen molar-refractivity contribution in [1.82, 2.24) is 5.32 Å². The fraction of sp³-hybridized carbons (Fsp3) is 0.231. The molecule has 0 bridgehead atoms. The van der Waals surface area contributed by atoms with Crippen LogP contribution in [-0.2, 0) is 9.53 Å². The zero-order valence-electron chi connectivity index (χ0n) is 10.6. The zero-order valence-corrected chi connectivity index (χ0v) is 12.1. The summed E-state index contributed by atoms with van der Waals surface area (Å²) in [5.74, 6) is -1.67. The maximum absolute atomic E-state index is 12.1. The second-order valence-corrected chi connectivity index (χ2v) is 5.49. The van der Waals surface area contributed by atoms with Crippen molar-refractivity contribution in [3.05, 3.63) is 34.2 Å². The predicted molar refractivity (Wildman–Crippen MR) is 77.6 cm³/mol. The van der Waals surface area contributed by atoms with Crippen LogP contribution in [0.15, 0.2) is 24.3 Å². The maximum atomic E-state index is 12.1. The quantitative estimate of drug-likeness (QED) is 0.888. The second kappa shape index (κ2) is 6.21. The van der Waals surface area contributed by atoms with Crippen LogP contribution in [0.1, 0.15) is 9.67 Å². The van der Waals surface area contributed by atoms with Gasteiger partial charge in [-0.1, -0.05) is 29.8 Å². The van der Waals surface area contributed by atoms with E-state index in [9.17, 15) is 9.59 Å². The number of hydrogen-bond acceptors (Lipinski definition) is 4. The maximum Gasteiger partial charge on any atom is 0.328 e. The molecule has 0 aliphatic rings. The molecule has 0 aliphatic heterocycles. The highest BCUT2D eigenvalue weighted by Crippen LogP contribution is 2.34. The van der Waals surface area contributed by atoms with Crippen molar-refractivity contribution in [2.45, 2.75) is 6.04 Å². The van der Waals surface area contributed by atoms with Gasteiger partial charge in [-0.05, 0) is 6.07 Å². The molecule has 0 radical (unpaired) electrons. The van der Waals surface area contributed by atoms with E-state index < -0.39 is 17.9 Å². The lowest BCUT2D eigenvalue weighted by atomic mass is 10.2. The predicted octanol–water partition coefficient (Wildman–Crippen LogP) is 2.38. The zero-order chi connectivity index (χ0) is 14.7. The van der Waals surface area contributed by atoms with Crippen molar-refractivity contribution in [2.24, 2.45) is 0 Å². The van der Waals surface area contributed by atoms with Crippen LogP contribution in [0.25, 0.3) is 10.1 Å². The monoisotopic (exact) mass is 313 g/mol. The lowest BCUT2D eigenvalue weighted by Gasteiger charge is -2.12. The number of benzene rings is 1. The molecule has 5 nitrogen and oxygen atoms in total. The van der Waals surface area contributed by atoms with Gasteiger partial charge in [-0.25, -0.2) is 4.79 Å². The van der Waals surface area contributed by atoms with Crippen LogP contribution in [0.3, 0.4) is 0 Å². The molecule has 1 atom stereocenters. The minimum atomic E-state index is -1.16. The number of aliphatic carboxylic acids is 1. The van der Waals surface area contributed by atoms with Gasteiger partial charge in [-0.2, -0.15) is 0 Å². The van der Waals surface area contributed by atoms with Gasteiger partial charge in [-0.3, -0.25) is 4.79 Å². The van der Waals surface area contributed by atoms with E-state index in [0.29, 0.717) is 9.90 Å². The first-order valence-corrected chi connectivity index (χ1v) is 6.93. The smallest absolute Gasteiger partial charge is 0.328 e. The Morgan fingerprint density at radius 1 is 1.45 bits per heavy atom. The summed E-state index contributed by atoms with van der Waals surface area (Å²) in [5, 5.41) is 12.5. The van der Waals surface area contributed by atoms with Crippen LogP contribution >= 0.6 is 22.9 Å². The third kappa shape index (κ3) is 2.92. The standard InChI is InChI=1S/C13H12ClNO4S/c1-19-6-8(13(17)18)15-12(16)11-10(14)7-4-2-3-5-9(7)20-11/h2-5,8H,6H2,1H3,(H,15,16)(H,17,18). The lowest BCUT2D eigenvalue weighted by Crippen LogP contribution is -2.43. The van der Waals surface area contributed by atoms with Gasteiger partial charge >= 0.3 is 5.97 Å². The third-order valence-corrected chi connectivity index (χ3v) is 4.35. The number of fused-ring (bicyclic) bond motifs is 1. The molecular formula is C13H12ClNO4S. The topological polar surface area (TPSA) is 75.6 Å². The molecule has 0 saturated carbocycles. The minimum absolute atomic E-state index is 0.108. The minimum Gasteiger partial charge on any atom is -0.480 e. The number of carbonyl (C=O) groups is 2. The van der Waals surface area contributed by atoms with Gasteiger partial charge in [0.05, 0.1) is 11.6 Å². The largest absolute Gasteiger partial charge is 0.480 e. The highest BCUT2D eigenvalue weighted by atomic mass is 35.5. The Balaban J connectivity index is 2.27. The van der Waals surface area contributed by atoms with E-state index in [1.807, 2.05) is 24.3 Å². The third-order valence-electron chi connectivity index (χ3n) is 2.68. The molecule has 0 saturated heterocycles. The van der Waals surface area contributed by atoms with E-state index in [4.69, 9.17) is 21.4 Å². The molecule has 20 heavy (non-hydrogen) atoms. The summed E-state index contributed by atoms with van der Waals surface area (Å²) in [6.45, 7) is -0.108. The number of amides is 1. The van der Waals surface area contributed by atoms with Crippen molar-refractivity contribution < 1.29 is 19.4 Å². The molecule has 1 unspecified atom stereocenters. The number of carbonyl (C=O) groups excluding carboxylic acids is 1. The second-order valence-electron chi connectivity index (χ2n) is 4.06. The van der Waals surface area contributed by atoms with E-state index in [-0.39, 0.29) is 6.61 Å². The van der Waals surface area contributed by atoms with Crippen molar-refractivity contribution in [1.29, 1.82) is 0 Å². The molecule has 2 rings (SSSR count). The number of thiophene rings is 1. The summed E-state index contributed by atoms with van der Waals surface area (Å²) in [5.41, 5.74) is 0. The Bertz CT molecular complexity index is 655. The number of halogens is 1. The number of methoxy groups -OCH3 is 1. The number of carboxylic acid groups (broad SMARTS) is 1. The average molecular weight is 314 g/mol. The molecule has 2 N–H and O–H groups in total. The number of nitrogens with one attached hydrogen (secondary N) is 1. The Kier molecular flexibility index (Phi) is 4.59. The normalized spacial score (nSPS) is 12.3. The van der Waals surface area contributed by atoms with Crippen LogP contribution < -0.4 is 5.32 Å². The summed E-state index contributed by atoms with van der Waals surface area (Å²) in [4.78, 5) is 23.4. The van der Waals surface area contributed by atoms with E-state index in [0.717, 1.165) is 10.1 Å². The molecule has 0 fully saturated rings. The van der Waals surface area contributed by atoms with E-state index in [2.05, 4.69) is 5.32 Å². The van der Waals surface area contributed by atoms with Crippen molar-refractivity contribution >= 4 is 44.9 Å². The Hall–Kier alpha value is -1.63. The van der Waals surface area contributed by atoms with Gasteiger partial charge in [0.15, 0.2) is 6.04 Å². The highest BCUT2D eigenvalue weighted by Gasteiger charge is 2.23. The molecule has 2 aromatic rings. The van der Waals surface area contributed by atoms with Crippen molar-refractivity contribution in [2.75, 3.05) is 13.7 Å². The summed E-state index contributed by atoms with van der Waals surface area (Å²) < 4.78 is 5.64. The molecular weight excluding hydrogens is 302 g/mol. The fourth-order valence-corrected chi connectivity index (χ4v) is 3.15. The van der Waals surface area contributed by atoms with Gasteiger partial charge < -0.3 is 15.2 Å². The molecule has 1 aromatic carbocycles. The van der Waals surface area contributed by atoms with Crippen LogP contribution in [0.4, 0.5) is 0 Å². The lowest BCUT2D eigenvalue weighted by molar-refractivity contribution is -0.140. The number of hydrogen-bond donors (Lipinski definition) is 2. The van der Waals surface area contributed by atoms with E-state index >= 15 is 0 Å². The van der Waals surface area contributed by atoms with Crippen molar-refractivity contribution in [3.63, 3.8) is 0 Å². The van der Waals surface area contributed by atoms with Crippen LogP contribution in [0, 0.1) is 0 Å². The number of ether oxygens (including phenoxy) is 1. The average Bonchev–Trinajstić information content (AvgIpc) is 2.76. The highest BCUT2D eigenvalue weighted by molar-refractivity contribution is 7.21. The van der Waals surface area contributed by atoms with Crippen LogP contribution in [-0.4, -0.2) is 36.7 Å². The molecule has 0 aliphatic carbocycles. The Morgan fingerprint density at radius 3 is 2.75 bits per heavy atom. The number of carboxylic acids is 1. The van der Waals surface area contributed by atoms with Gasteiger partial charge in [-0.15, -0.1) is 11.3 Å². The van der Waals surface area contributed by atoms with Crippen LogP contribution in [0.2, 0.25) is 5.02 Å². The summed E-state index contributed by atoms with van der Waals surface area (Å²) in [6.07, 6.45) is 0. The first kappa shape index (κ1) is 14.8. The summed E-state index contributed by atoms with van der Waals surface area (Å²) in [6, 6.07) is 6.24. The molecule has 1 amide bonds. The van der Waals surface area contributed by atoms with Gasteiger partial charge in [0.1, 0.15) is 4.88 Å². The van der Waals surface area contributed by atoms with Gasteiger partial charge in [0.2, 0.25) is 0 Å². The molecule has 7 heteroatoms. The first-order valence-electron chi connectivity index (χ1n) is 5.74. The van der Waals surface area contributed by atoms with Gasteiger partial charge in [0, 0.05) is 17.2 Å². The fourth-order valence-electron chi connectivity index (χ4n) is 1.73. The van der Waals surface area contributed by atoms with Crippen molar-refractivity contribution in [3.8, 4) is 0 Å². The Morgan fingerprint density at radius 2 is 2.15 bits per heavy atom. The van der Waals surface area contributed by atoms with E-state index in [1.54, 1.807) is 0 Å². The van der Waals surface area contributed by atoms with Crippen LogP contribution in [0.5, 0.6) is 0 Å². The van der Waals surface area contributed by atoms with Gasteiger partial charge in [0.25, 0.3) is 5.91 Å². The first-order chi connectivity index (χ1) is 9.54. The Labute approximate surface area is 124 Å². The molecule has 106 valence electrons. The molecule has 1 heterocycles. The summed E-state index contributed by atoms with van der Waals surface area (Å²) in [7, 11) is 1.37. The molecule has 0 spiro atoms. The SMILES string of the molecule is COCC(NC(=O)c1sc2ccccc2c1Cl)C(=O)O. The van der Waals surface area contributed by atoms with E-state index in [1.165, 1.54) is 18.4 Å². The number of rotatable bonds is 5. The molecule has 1 aromatic heterocycles.